The largest absolute Gasteiger partial charge is 0.481 e. The van der Waals surface area contributed by atoms with Gasteiger partial charge in [0.15, 0.2) is 0 Å². The highest BCUT2D eigenvalue weighted by Gasteiger charge is 2.31. The number of hydrogen-bond acceptors (Lipinski definition) is 3. The summed E-state index contributed by atoms with van der Waals surface area (Å²) in [6.45, 7) is 4.34. The number of rotatable bonds is 8. The highest BCUT2D eigenvalue weighted by Crippen LogP contribution is 2.29. The summed E-state index contributed by atoms with van der Waals surface area (Å²) in [5, 5.41) is 22.3. The molecule has 0 bridgehead atoms. The molecular weight excluding hydrogens is 270 g/mol. The van der Waals surface area contributed by atoms with Crippen molar-refractivity contribution < 1.29 is 19.8 Å². The van der Waals surface area contributed by atoms with Crippen molar-refractivity contribution in [1.29, 1.82) is 0 Å². The predicted molar refractivity (Wildman–Crippen MR) is 80.9 cm³/mol. The molecule has 122 valence electrons. The first-order valence-corrected chi connectivity index (χ1v) is 8.14. The Labute approximate surface area is 127 Å². The van der Waals surface area contributed by atoms with Crippen LogP contribution in [-0.4, -0.2) is 34.2 Å². The second kappa shape index (κ2) is 8.37. The molecule has 1 aliphatic rings. The lowest BCUT2D eigenvalue weighted by atomic mass is 9.81. The van der Waals surface area contributed by atoms with Gasteiger partial charge in [0.2, 0.25) is 5.91 Å². The second-order valence-corrected chi connectivity index (χ2v) is 6.33. The molecule has 0 atom stereocenters. The van der Waals surface area contributed by atoms with Crippen LogP contribution in [0.1, 0.15) is 65.2 Å². The number of aliphatic carboxylic acids is 1. The average molecular weight is 299 g/mol. The Kier molecular flexibility index (Phi) is 7.15. The molecule has 0 unspecified atom stereocenters. The second-order valence-electron chi connectivity index (χ2n) is 6.33. The molecule has 1 amide bonds. The van der Waals surface area contributed by atoms with Gasteiger partial charge in [-0.3, -0.25) is 9.59 Å². The lowest BCUT2D eigenvalue weighted by molar-refractivity contribution is -0.144. The zero-order valence-corrected chi connectivity index (χ0v) is 13.2. The van der Waals surface area contributed by atoms with Crippen molar-refractivity contribution >= 4 is 11.9 Å². The molecule has 0 heterocycles. The van der Waals surface area contributed by atoms with E-state index in [1.165, 1.54) is 0 Å². The molecule has 21 heavy (non-hydrogen) atoms. The number of carbonyl (C=O) groups excluding carboxylic acids is 1. The zero-order valence-electron chi connectivity index (χ0n) is 13.2. The maximum Gasteiger partial charge on any atom is 0.306 e. The highest BCUT2D eigenvalue weighted by molar-refractivity contribution is 5.79. The van der Waals surface area contributed by atoms with Gasteiger partial charge in [-0.15, -0.1) is 0 Å². The van der Waals surface area contributed by atoms with Gasteiger partial charge >= 0.3 is 5.97 Å². The normalized spacial score (nSPS) is 22.8. The summed E-state index contributed by atoms with van der Waals surface area (Å²) >= 11 is 0. The van der Waals surface area contributed by atoms with E-state index in [9.17, 15) is 14.7 Å². The van der Waals surface area contributed by atoms with E-state index in [2.05, 4.69) is 5.32 Å². The van der Waals surface area contributed by atoms with Crippen molar-refractivity contribution in [3.63, 3.8) is 0 Å². The van der Waals surface area contributed by atoms with E-state index in [0.717, 1.165) is 12.8 Å². The number of carboxylic acids is 1. The first-order chi connectivity index (χ1) is 9.91. The van der Waals surface area contributed by atoms with Crippen LogP contribution in [0.2, 0.25) is 0 Å². The van der Waals surface area contributed by atoms with E-state index in [0.29, 0.717) is 45.1 Å². The Morgan fingerprint density at radius 3 is 1.95 bits per heavy atom. The van der Waals surface area contributed by atoms with Crippen molar-refractivity contribution in [2.75, 3.05) is 6.54 Å². The third kappa shape index (κ3) is 5.65. The van der Waals surface area contributed by atoms with Crippen LogP contribution in [0.3, 0.4) is 0 Å². The van der Waals surface area contributed by atoms with Crippen molar-refractivity contribution in [3.05, 3.63) is 0 Å². The predicted octanol–water partition coefficient (Wildman–Crippen LogP) is 2.32. The van der Waals surface area contributed by atoms with E-state index in [1.807, 2.05) is 13.8 Å². The number of carboxylic acid groups (broad SMARTS) is 1. The standard InChI is InChI=1S/C16H29NO4/c1-3-9-16(21,10-4-2)11-17-14(18)12-5-7-13(8-6-12)15(19)20/h12-13,21H,3-11H2,1-2H3,(H,17,18)(H,19,20). The fourth-order valence-electron chi connectivity index (χ4n) is 3.23. The summed E-state index contributed by atoms with van der Waals surface area (Å²) in [4.78, 5) is 23.1. The quantitative estimate of drug-likeness (QED) is 0.642. The molecule has 0 saturated heterocycles. The molecule has 1 fully saturated rings. The molecular formula is C16H29NO4. The highest BCUT2D eigenvalue weighted by atomic mass is 16.4. The average Bonchev–Trinajstić information content (AvgIpc) is 2.45. The Hall–Kier alpha value is -1.10. The molecule has 0 aromatic heterocycles. The summed E-state index contributed by atoms with van der Waals surface area (Å²) in [6, 6.07) is 0. The molecule has 0 spiro atoms. The number of aliphatic hydroxyl groups is 1. The van der Waals surface area contributed by atoms with Crippen LogP contribution in [0, 0.1) is 11.8 Å². The molecule has 3 N–H and O–H groups in total. The minimum absolute atomic E-state index is 0.0375. The number of nitrogens with one attached hydrogen (secondary N) is 1. The lowest BCUT2D eigenvalue weighted by Gasteiger charge is -2.30. The van der Waals surface area contributed by atoms with Crippen molar-refractivity contribution in [3.8, 4) is 0 Å². The van der Waals surface area contributed by atoms with Crippen LogP contribution >= 0.6 is 0 Å². The molecule has 0 radical (unpaired) electrons. The van der Waals surface area contributed by atoms with Gasteiger partial charge in [0.05, 0.1) is 11.5 Å². The fraction of sp³-hybridized carbons (Fsp3) is 0.875. The van der Waals surface area contributed by atoms with E-state index in [-0.39, 0.29) is 17.7 Å². The summed E-state index contributed by atoms with van der Waals surface area (Å²) in [7, 11) is 0. The van der Waals surface area contributed by atoms with Gasteiger partial charge in [0.1, 0.15) is 0 Å². The fourth-order valence-corrected chi connectivity index (χ4v) is 3.23. The number of amides is 1. The van der Waals surface area contributed by atoms with Gasteiger partial charge in [0.25, 0.3) is 0 Å². The van der Waals surface area contributed by atoms with Gasteiger partial charge in [-0.2, -0.15) is 0 Å². The third-order valence-corrected chi connectivity index (χ3v) is 4.47. The summed E-state index contributed by atoms with van der Waals surface area (Å²) in [6.07, 6.45) is 5.54. The van der Waals surface area contributed by atoms with Crippen LogP contribution in [0.25, 0.3) is 0 Å². The first-order valence-electron chi connectivity index (χ1n) is 8.14. The van der Waals surface area contributed by atoms with Gasteiger partial charge in [-0.1, -0.05) is 26.7 Å². The van der Waals surface area contributed by atoms with Gasteiger partial charge in [0, 0.05) is 12.5 Å². The molecule has 0 aromatic carbocycles. The van der Waals surface area contributed by atoms with Crippen molar-refractivity contribution in [1.82, 2.24) is 5.32 Å². The molecule has 1 aliphatic carbocycles. The SMILES string of the molecule is CCCC(O)(CCC)CNC(=O)C1CCC(C(=O)O)CC1. The van der Waals surface area contributed by atoms with E-state index < -0.39 is 11.6 Å². The van der Waals surface area contributed by atoms with E-state index in [1.54, 1.807) is 0 Å². The lowest BCUT2D eigenvalue weighted by Crippen LogP contribution is -2.45. The van der Waals surface area contributed by atoms with Crippen LogP contribution in [0.15, 0.2) is 0 Å². The monoisotopic (exact) mass is 299 g/mol. The third-order valence-electron chi connectivity index (χ3n) is 4.47. The number of hydrogen-bond donors (Lipinski definition) is 3. The summed E-state index contributed by atoms with van der Waals surface area (Å²) < 4.78 is 0. The van der Waals surface area contributed by atoms with Crippen LogP contribution in [0.4, 0.5) is 0 Å². The molecule has 1 rings (SSSR count). The minimum Gasteiger partial charge on any atom is -0.481 e. The number of carbonyl (C=O) groups is 2. The van der Waals surface area contributed by atoms with Gasteiger partial charge in [-0.05, 0) is 38.5 Å². The van der Waals surface area contributed by atoms with Crippen molar-refractivity contribution in [2.45, 2.75) is 70.8 Å². The topological polar surface area (TPSA) is 86.6 Å². The van der Waals surface area contributed by atoms with Crippen LogP contribution in [0.5, 0.6) is 0 Å². The van der Waals surface area contributed by atoms with Crippen molar-refractivity contribution in [2.24, 2.45) is 11.8 Å². The smallest absolute Gasteiger partial charge is 0.306 e. The summed E-state index contributed by atoms with van der Waals surface area (Å²) in [5.41, 5.74) is -0.808. The molecule has 5 heteroatoms. The van der Waals surface area contributed by atoms with E-state index >= 15 is 0 Å². The Morgan fingerprint density at radius 1 is 1.05 bits per heavy atom. The van der Waals surface area contributed by atoms with Gasteiger partial charge < -0.3 is 15.5 Å². The Morgan fingerprint density at radius 2 is 1.52 bits per heavy atom. The zero-order chi connectivity index (χ0) is 15.9. The first kappa shape index (κ1) is 18.0. The van der Waals surface area contributed by atoms with Crippen LogP contribution in [-0.2, 0) is 9.59 Å². The minimum atomic E-state index is -0.808. The molecule has 0 aliphatic heterocycles. The summed E-state index contributed by atoms with van der Waals surface area (Å²) in [5.74, 6) is -1.20. The Balaban J connectivity index is 2.41. The van der Waals surface area contributed by atoms with Crippen LogP contribution < -0.4 is 5.32 Å². The molecule has 5 nitrogen and oxygen atoms in total. The maximum atomic E-state index is 12.2. The van der Waals surface area contributed by atoms with E-state index in [4.69, 9.17) is 5.11 Å². The molecule has 0 aromatic rings. The Bertz CT molecular complexity index is 342. The van der Waals surface area contributed by atoms with Gasteiger partial charge in [-0.25, -0.2) is 0 Å². The maximum absolute atomic E-state index is 12.2. The molecule has 1 saturated carbocycles.